The van der Waals surface area contributed by atoms with Crippen LogP contribution in [0.4, 0.5) is 0 Å². The van der Waals surface area contributed by atoms with Crippen LogP contribution in [0.25, 0.3) is 0 Å². The van der Waals surface area contributed by atoms with Crippen LogP contribution >= 0.6 is 0 Å². The van der Waals surface area contributed by atoms with Gasteiger partial charge in [-0.3, -0.25) is 4.79 Å². The Labute approximate surface area is 136 Å². The van der Waals surface area contributed by atoms with E-state index in [0.717, 1.165) is 0 Å². The number of piperidine rings is 1. The summed E-state index contributed by atoms with van der Waals surface area (Å²) in [5.74, 6) is 0.545. The SMILES string of the molecule is CNC(=O)C1CCN(S(=O)(=O)c2cc(OC)ccc2OC)CC1. The monoisotopic (exact) mass is 342 g/mol. The summed E-state index contributed by atoms with van der Waals surface area (Å²) in [6.07, 6.45) is 1.01. The molecule has 1 aromatic rings. The van der Waals surface area contributed by atoms with E-state index in [1.54, 1.807) is 19.2 Å². The first kappa shape index (κ1) is 17.6. The van der Waals surface area contributed by atoms with Crippen LogP contribution < -0.4 is 14.8 Å². The highest BCUT2D eigenvalue weighted by atomic mass is 32.2. The number of amides is 1. The predicted octanol–water partition coefficient (Wildman–Crippen LogP) is 0.851. The Kier molecular flexibility index (Phi) is 5.48. The van der Waals surface area contributed by atoms with Crippen molar-refractivity contribution in [2.24, 2.45) is 5.92 Å². The van der Waals surface area contributed by atoms with Crippen LogP contribution in [0.5, 0.6) is 11.5 Å². The maximum absolute atomic E-state index is 12.9. The summed E-state index contributed by atoms with van der Waals surface area (Å²) in [5, 5.41) is 2.61. The van der Waals surface area contributed by atoms with E-state index in [0.29, 0.717) is 31.7 Å². The van der Waals surface area contributed by atoms with Gasteiger partial charge in [0.25, 0.3) is 0 Å². The minimum absolute atomic E-state index is 0.0407. The summed E-state index contributed by atoms with van der Waals surface area (Å²) in [6.45, 7) is 0.613. The fourth-order valence-corrected chi connectivity index (χ4v) is 4.33. The van der Waals surface area contributed by atoms with Crippen molar-refractivity contribution in [3.63, 3.8) is 0 Å². The highest BCUT2D eigenvalue weighted by Gasteiger charge is 2.33. The molecule has 23 heavy (non-hydrogen) atoms. The van der Waals surface area contributed by atoms with Gasteiger partial charge in [-0.25, -0.2) is 8.42 Å². The van der Waals surface area contributed by atoms with Gasteiger partial charge in [0.1, 0.15) is 16.4 Å². The summed E-state index contributed by atoms with van der Waals surface area (Å²) >= 11 is 0. The van der Waals surface area contributed by atoms with Crippen LogP contribution in [0.1, 0.15) is 12.8 Å². The van der Waals surface area contributed by atoms with Gasteiger partial charge in [-0.2, -0.15) is 4.31 Å². The van der Waals surface area contributed by atoms with Gasteiger partial charge in [-0.1, -0.05) is 0 Å². The lowest BCUT2D eigenvalue weighted by Gasteiger charge is -2.30. The van der Waals surface area contributed by atoms with E-state index in [4.69, 9.17) is 9.47 Å². The molecule has 1 fully saturated rings. The second-order valence-corrected chi connectivity index (χ2v) is 7.22. The molecule has 0 bridgehead atoms. The van der Waals surface area contributed by atoms with Crippen molar-refractivity contribution >= 4 is 15.9 Å². The van der Waals surface area contributed by atoms with Gasteiger partial charge in [-0.05, 0) is 25.0 Å². The molecule has 1 N–H and O–H groups in total. The largest absolute Gasteiger partial charge is 0.497 e. The van der Waals surface area contributed by atoms with Gasteiger partial charge in [0.05, 0.1) is 14.2 Å². The van der Waals surface area contributed by atoms with Gasteiger partial charge in [0, 0.05) is 32.1 Å². The molecule has 1 aliphatic rings. The number of hydrogen-bond donors (Lipinski definition) is 1. The Morgan fingerprint density at radius 2 is 1.87 bits per heavy atom. The quantitative estimate of drug-likeness (QED) is 0.857. The van der Waals surface area contributed by atoms with E-state index in [1.807, 2.05) is 0 Å². The van der Waals surface area contributed by atoms with E-state index in [-0.39, 0.29) is 22.5 Å². The number of nitrogens with one attached hydrogen (secondary N) is 1. The molecule has 7 nitrogen and oxygen atoms in total. The lowest BCUT2D eigenvalue weighted by atomic mass is 9.97. The number of benzene rings is 1. The number of sulfonamides is 1. The topological polar surface area (TPSA) is 84.9 Å². The predicted molar refractivity (Wildman–Crippen MR) is 85.1 cm³/mol. The van der Waals surface area contributed by atoms with E-state index in [1.165, 1.54) is 24.6 Å². The number of hydrogen-bond acceptors (Lipinski definition) is 5. The molecule has 0 radical (unpaired) electrons. The third kappa shape index (κ3) is 3.59. The minimum atomic E-state index is -3.70. The highest BCUT2D eigenvalue weighted by Crippen LogP contribution is 2.32. The van der Waals surface area contributed by atoms with E-state index in [2.05, 4.69) is 5.32 Å². The number of methoxy groups -OCH3 is 2. The molecule has 0 unspecified atom stereocenters. The maximum atomic E-state index is 12.9. The summed E-state index contributed by atoms with van der Waals surface area (Å²) in [4.78, 5) is 11.7. The van der Waals surface area contributed by atoms with Crippen LogP contribution in [0.2, 0.25) is 0 Å². The Balaban J connectivity index is 2.24. The van der Waals surface area contributed by atoms with Crippen molar-refractivity contribution < 1.29 is 22.7 Å². The number of carbonyl (C=O) groups is 1. The second-order valence-electron chi connectivity index (χ2n) is 5.31. The number of carbonyl (C=O) groups excluding carboxylic acids is 1. The molecule has 1 heterocycles. The molecule has 1 saturated heterocycles. The summed E-state index contributed by atoms with van der Waals surface area (Å²) in [6, 6.07) is 4.68. The van der Waals surface area contributed by atoms with Crippen LogP contribution in [0.3, 0.4) is 0 Å². The van der Waals surface area contributed by atoms with Crippen molar-refractivity contribution in [3.8, 4) is 11.5 Å². The highest BCUT2D eigenvalue weighted by molar-refractivity contribution is 7.89. The first-order chi connectivity index (χ1) is 10.9. The average Bonchev–Trinajstić information content (AvgIpc) is 2.60. The zero-order chi connectivity index (χ0) is 17.0. The van der Waals surface area contributed by atoms with E-state index >= 15 is 0 Å². The zero-order valence-corrected chi connectivity index (χ0v) is 14.4. The molecule has 128 valence electrons. The third-order valence-corrected chi connectivity index (χ3v) is 5.98. The van der Waals surface area contributed by atoms with Gasteiger partial charge >= 0.3 is 0 Å². The Bertz CT molecular complexity index is 666. The molecule has 8 heteroatoms. The standard InChI is InChI=1S/C15H22N2O5S/c1-16-15(18)11-6-8-17(9-7-11)23(19,20)14-10-12(21-2)4-5-13(14)22-3/h4-5,10-11H,6-9H2,1-3H3,(H,16,18). The van der Waals surface area contributed by atoms with Crippen molar-refractivity contribution in [2.45, 2.75) is 17.7 Å². The lowest BCUT2D eigenvalue weighted by molar-refractivity contribution is -0.125. The van der Waals surface area contributed by atoms with Crippen molar-refractivity contribution in [1.82, 2.24) is 9.62 Å². The summed E-state index contributed by atoms with van der Waals surface area (Å²) in [7, 11) is 0.802. The van der Waals surface area contributed by atoms with Crippen molar-refractivity contribution in [2.75, 3.05) is 34.4 Å². The summed E-state index contributed by atoms with van der Waals surface area (Å²) < 4.78 is 37.4. The minimum Gasteiger partial charge on any atom is -0.497 e. The first-order valence-electron chi connectivity index (χ1n) is 7.37. The van der Waals surface area contributed by atoms with Crippen LogP contribution in [0.15, 0.2) is 23.1 Å². The Morgan fingerprint density at radius 3 is 2.39 bits per heavy atom. The molecule has 1 aliphatic heterocycles. The second kappa shape index (κ2) is 7.18. The zero-order valence-electron chi connectivity index (χ0n) is 13.5. The first-order valence-corrected chi connectivity index (χ1v) is 8.81. The van der Waals surface area contributed by atoms with Gasteiger partial charge in [0.15, 0.2) is 0 Å². The molecular weight excluding hydrogens is 320 g/mol. The normalized spacial score (nSPS) is 16.8. The molecular formula is C15H22N2O5S. The van der Waals surface area contributed by atoms with Crippen molar-refractivity contribution in [1.29, 1.82) is 0 Å². The van der Waals surface area contributed by atoms with Gasteiger partial charge in [-0.15, -0.1) is 0 Å². The van der Waals surface area contributed by atoms with Gasteiger partial charge in [0.2, 0.25) is 15.9 Å². The third-order valence-electron chi connectivity index (χ3n) is 4.06. The maximum Gasteiger partial charge on any atom is 0.246 e. The molecule has 0 saturated carbocycles. The molecule has 1 aromatic carbocycles. The fourth-order valence-electron chi connectivity index (χ4n) is 2.69. The molecule has 0 spiro atoms. The van der Waals surface area contributed by atoms with E-state index < -0.39 is 10.0 Å². The van der Waals surface area contributed by atoms with Crippen LogP contribution in [-0.2, 0) is 14.8 Å². The smallest absolute Gasteiger partial charge is 0.246 e. The molecule has 0 aliphatic carbocycles. The molecule has 0 atom stereocenters. The Hall–Kier alpha value is -1.80. The average molecular weight is 342 g/mol. The number of ether oxygens (including phenoxy) is 2. The lowest BCUT2D eigenvalue weighted by Crippen LogP contribution is -2.42. The van der Waals surface area contributed by atoms with Gasteiger partial charge < -0.3 is 14.8 Å². The number of rotatable bonds is 5. The molecule has 1 amide bonds. The molecule has 0 aromatic heterocycles. The Morgan fingerprint density at radius 1 is 1.22 bits per heavy atom. The number of nitrogens with zero attached hydrogens (tertiary/aromatic N) is 1. The fraction of sp³-hybridized carbons (Fsp3) is 0.533. The van der Waals surface area contributed by atoms with Crippen LogP contribution in [-0.4, -0.2) is 53.0 Å². The summed E-state index contributed by atoms with van der Waals surface area (Å²) in [5.41, 5.74) is 0. The van der Waals surface area contributed by atoms with Crippen LogP contribution in [0, 0.1) is 5.92 Å². The van der Waals surface area contributed by atoms with Crippen molar-refractivity contribution in [3.05, 3.63) is 18.2 Å². The van der Waals surface area contributed by atoms with E-state index in [9.17, 15) is 13.2 Å². The molecule has 2 rings (SSSR count).